The van der Waals surface area contributed by atoms with Gasteiger partial charge in [-0.1, -0.05) is 0 Å². The van der Waals surface area contributed by atoms with E-state index in [0.29, 0.717) is 0 Å². The summed E-state index contributed by atoms with van der Waals surface area (Å²) < 4.78 is 123. The Labute approximate surface area is 91.8 Å². The largest absolute Gasteiger partial charge is 0.495 e. The van der Waals surface area contributed by atoms with Gasteiger partial charge in [0.1, 0.15) is 0 Å². The Morgan fingerprint density at radius 2 is 1.28 bits per heavy atom. The molecule has 0 aromatic rings. The van der Waals surface area contributed by atoms with Crippen LogP contribution in [0, 0.1) is 0 Å². The number of alkyl halides is 7. The number of hydrogen-bond donors (Lipinski definition) is 0. The van der Waals surface area contributed by atoms with Gasteiger partial charge in [-0.15, -0.1) is 0 Å². The van der Waals surface area contributed by atoms with Gasteiger partial charge in [-0.25, -0.2) is 13.2 Å². The highest BCUT2D eigenvalue weighted by Gasteiger charge is 2.64. The van der Waals surface area contributed by atoms with E-state index in [1.165, 1.54) is 0 Å². The maximum Gasteiger partial charge on any atom is 0.495 e. The van der Waals surface area contributed by atoms with Crippen LogP contribution in [0.5, 0.6) is 0 Å². The van der Waals surface area contributed by atoms with Crippen molar-refractivity contribution in [2.24, 2.45) is 0 Å². The number of hydrogen-bond acceptors (Lipinski definition) is 2. The van der Waals surface area contributed by atoms with Crippen LogP contribution < -0.4 is 0 Å². The summed E-state index contributed by atoms with van der Waals surface area (Å²) in [5.74, 6) is 0. The van der Waals surface area contributed by atoms with Crippen molar-refractivity contribution in [1.29, 1.82) is 0 Å². The lowest BCUT2D eigenvalue weighted by atomic mass is 10.5. The van der Waals surface area contributed by atoms with E-state index in [1.54, 1.807) is 0 Å². The van der Waals surface area contributed by atoms with Crippen molar-refractivity contribution in [3.05, 3.63) is 12.1 Å². The van der Waals surface area contributed by atoms with Gasteiger partial charge in [0, 0.05) is 0 Å². The van der Waals surface area contributed by atoms with Crippen LogP contribution in [-0.4, -0.2) is 25.0 Å². The summed E-state index contributed by atoms with van der Waals surface area (Å²) in [5, 5.41) is 0. The average Bonchev–Trinajstić information content (AvgIpc) is 2.15. The molecule has 0 aliphatic rings. The zero-order chi connectivity index (χ0) is 14.7. The van der Waals surface area contributed by atoms with E-state index < -0.39 is 37.1 Å². The average molecular weight is 296 g/mol. The molecule has 2 nitrogen and oxygen atoms in total. The summed E-state index contributed by atoms with van der Waals surface area (Å²) in [7, 11) is 0. The molecule has 0 heterocycles. The van der Waals surface area contributed by atoms with Crippen molar-refractivity contribution in [1.82, 2.24) is 0 Å². The molecular formula is C6H2F10O2. The summed E-state index contributed by atoms with van der Waals surface area (Å²) in [6, 6.07) is -3.39. The van der Waals surface area contributed by atoms with Crippen LogP contribution in [0.15, 0.2) is 12.1 Å². The van der Waals surface area contributed by atoms with Gasteiger partial charge in [0.05, 0.1) is 0 Å². The van der Waals surface area contributed by atoms with E-state index >= 15 is 0 Å². The highest BCUT2D eigenvalue weighted by atomic mass is 19.3. The molecule has 0 spiro atoms. The first-order chi connectivity index (χ1) is 7.90. The third kappa shape index (κ3) is 4.23. The van der Waals surface area contributed by atoms with Crippen LogP contribution in [-0.2, 0) is 9.47 Å². The van der Waals surface area contributed by atoms with Gasteiger partial charge in [0.2, 0.25) is 0 Å². The van der Waals surface area contributed by atoms with E-state index in [0.717, 1.165) is 0 Å². The van der Waals surface area contributed by atoms with Gasteiger partial charge in [-0.2, -0.15) is 30.7 Å². The van der Waals surface area contributed by atoms with Crippen molar-refractivity contribution in [2.45, 2.75) is 25.0 Å². The molecule has 0 radical (unpaired) electrons. The lowest BCUT2D eigenvalue weighted by Crippen LogP contribution is -2.47. The van der Waals surface area contributed by atoms with Crippen LogP contribution >= 0.6 is 0 Å². The monoisotopic (exact) mass is 296 g/mol. The van der Waals surface area contributed by atoms with E-state index in [-0.39, 0.29) is 0 Å². The lowest BCUT2D eigenvalue weighted by Gasteiger charge is -2.25. The van der Waals surface area contributed by atoms with Gasteiger partial charge >= 0.3 is 24.3 Å². The second kappa shape index (κ2) is 5.63. The fraction of sp³-hybridized carbons (Fsp3) is 0.667. The predicted octanol–water partition coefficient (Wildman–Crippen LogP) is 3.80. The first-order valence-corrected chi connectivity index (χ1v) is 3.66. The Kier molecular flexibility index (Phi) is 5.25. The van der Waals surface area contributed by atoms with Gasteiger partial charge < -0.3 is 4.74 Å². The predicted molar refractivity (Wildman–Crippen MR) is 33.3 cm³/mol. The molecule has 1 unspecified atom stereocenters. The van der Waals surface area contributed by atoms with E-state index in [1.807, 2.05) is 0 Å². The molecule has 12 heteroatoms. The van der Waals surface area contributed by atoms with Crippen molar-refractivity contribution in [3.63, 3.8) is 0 Å². The first-order valence-electron chi connectivity index (χ1n) is 3.66. The fourth-order valence-corrected chi connectivity index (χ4v) is 0.472. The molecule has 0 aromatic carbocycles. The van der Waals surface area contributed by atoms with E-state index in [9.17, 15) is 43.9 Å². The lowest BCUT2D eigenvalue weighted by molar-refractivity contribution is -0.448. The molecule has 108 valence electrons. The number of ether oxygens (including phenoxy) is 2. The molecule has 0 amide bonds. The molecule has 0 aromatic heterocycles. The molecule has 18 heavy (non-hydrogen) atoms. The molecule has 0 aliphatic heterocycles. The fourth-order valence-electron chi connectivity index (χ4n) is 0.472. The minimum atomic E-state index is -6.13. The molecule has 0 bridgehead atoms. The summed E-state index contributed by atoms with van der Waals surface area (Å²) in [4.78, 5) is 0. The molecule has 0 rings (SSSR count). The van der Waals surface area contributed by atoms with Crippen molar-refractivity contribution in [3.8, 4) is 0 Å². The second-order valence-electron chi connectivity index (χ2n) is 2.47. The maximum absolute atomic E-state index is 12.3. The maximum atomic E-state index is 12.3. The van der Waals surface area contributed by atoms with Crippen molar-refractivity contribution < 1.29 is 53.4 Å². The van der Waals surface area contributed by atoms with Gasteiger partial charge in [-0.3, -0.25) is 4.74 Å². The van der Waals surface area contributed by atoms with Crippen LogP contribution in [0.4, 0.5) is 43.9 Å². The highest BCUT2D eigenvalue weighted by molar-refractivity contribution is 4.84. The van der Waals surface area contributed by atoms with Gasteiger partial charge in [0.25, 0.3) is 12.8 Å². The van der Waals surface area contributed by atoms with E-state index in [2.05, 4.69) is 9.47 Å². The highest BCUT2D eigenvalue weighted by Crippen LogP contribution is 2.40. The standard InChI is InChI=1S/C6H2F10O2/c7-1(8)3(11)17-5(13,14)6(15,16)18-4(12)2(9)10/h1,3H. The Morgan fingerprint density at radius 1 is 0.833 bits per heavy atom. The summed E-state index contributed by atoms with van der Waals surface area (Å²) in [5.41, 5.74) is 0. The first kappa shape index (κ1) is 16.8. The molecule has 1 atom stereocenters. The van der Waals surface area contributed by atoms with Crippen LogP contribution in [0.25, 0.3) is 0 Å². The van der Waals surface area contributed by atoms with Gasteiger partial charge in [-0.05, 0) is 0 Å². The van der Waals surface area contributed by atoms with Gasteiger partial charge in [0.15, 0.2) is 0 Å². The third-order valence-corrected chi connectivity index (χ3v) is 1.16. The Morgan fingerprint density at radius 3 is 1.61 bits per heavy atom. The number of halogens is 10. The number of rotatable bonds is 6. The molecule has 0 saturated carbocycles. The third-order valence-electron chi connectivity index (χ3n) is 1.16. The van der Waals surface area contributed by atoms with Crippen LogP contribution in [0.1, 0.15) is 0 Å². The summed E-state index contributed by atoms with van der Waals surface area (Å²) in [6.45, 7) is 0. The van der Waals surface area contributed by atoms with Crippen molar-refractivity contribution in [2.75, 3.05) is 0 Å². The molecule has 0 N–H and O–H groups in total. The molecule has 0 aliphatic carbocycles. The van der Waals surface area contributed by atoms with Crippen molar-refractivity contribution >= 4 is 0 Å². The van der Waals surface area contributed by atoms with Crippen LogP contribution in [0.3, 0.4) is 0 Å². The Hall–Kier alpha value is -1.20. The zero-order valence-corrected chi connectivity index (χ0v) is 7.75. The van der Waals surface area contributed by atoms with Crippen LogP contribution in [0.2, 0.25) is 0 Å². The second-order valence-corrected chi connectivity index (χ2v) is 2.47. The smallest absolute Gasteiger partial charge is 0.396 e. The van der Waals surface area contributed by atoms with E-state index in [4.69, 9.17) is 0 Å². The molecule has 0 fully saturated rings. The molecular weight excluding hydrogens is 294 g/mol. The zero-order valence-electron chi connectivity index (χ0n) is 7.75. The minimum absolute atomic E-state index is 2.19. The quantitative estimate of drug-likeness (QED) is 0.548. The Bertz CT molecular complexity index is 309. The summed E-state index contributed by atoms with van der Waals surface area (Å²) >= 11 is 0. The normalized spacial score (nSPS) is 14.6. The minimum Gasteiger partial charge on any atom is -0.396 e. The topological polar surface area (TPSA) is 18.5 Å². The SMILES string of the molecule is FC(F)=C(F)OC(F)(F)C(F)(F)OC(F)C(F)F. The molecule has 0 saturated heterocycles. The summed E-state index contributed by atoms with van der Waals surface area (Å²) in [6.07, 6.45) is -24.1. The Balaban J connectivity index is 4.91.